The number of carbonyl (C=O) groups excluding carboxylic acids is 1. The molecule has 1 aliphatic rings. The van der Waals surface area contributed by atoms with Crippen LogP contribution >= 0.6 is 26.7 Å². The molecule has 3 aromatic rings. The molecule has 0 bridgehead atoms. The monoisotopic (exact) mass is 650 g/mol. The van der Waals surface area contributed by atoms with Gasteiger partial charge in [-0.3, -0.25) is 9.36 Å². The third kappa shape index (κ3) is 7.18. The van der Waals surface area contributed by atoms with E-state index >= 15 is 4.39 Å². The van der Waals surface area contributed by atoms with Crippen LogP contribution in [-0.2, 0) is 20.0 Å². The van der Waals surface area contributed by atoms with E-state index in [4.69, 9.17) is 14.0 Å². The number of nitrogens with zero attached hydrogens (tertiary/aromatic N) is 3. The van der Waals surface area contributed by atoms with Gasteiger partial charge < -0.3 is 9.05 Å². The molecule has 1 aromatic heterocycles. The minimum absolute atomic E-state index is 0.0474. The minimum atomic E-state index is -3.99. The summed E-state index contributed by atoms with van der Waals surface area (Å²) >= 11 is 1.56. The standard InChI is InChI=1S/C31H43FN3O5P2S/c1-8-39-42(38,40-9-2)30(41(37)34(6)20-31(4,5)21-35(41)7)24-15-16-26(32)25(19-24)28(36)18-17-27-22(3)43-29(33-27)23-13-11-10-12-14-23/h10-16,19,30,37H,8-9,17-18,20-21H2,1-7H3/q+1. The third-order valence-electron chi connectivity index (χ3n) is 7.66. The van der Waals surface area contributed by atoms with E-state index < -0.39 is 32.4 Å². The number of rotatable bonds is 12. The van der Waals surface area contributed by atoms with E-state index in [0.29, 0.717) is 25.1 Å². The number of benzene rings is 2. The highest BCUT2D eigenvalue weighted by molar-refractivity contribution is 7.78. The van der Waals surface area contributed by atoms with Gasteiger partial charge in [0, 0.05) is 49.6 Å². The molecular weight excluding hydrogens is 607 g/mol. The van der Waals surface area contributed by atoms with E-state index in [1.807, 2.05) is 46.6 Å². The summed E-state index contributed by atoms with van der Waals surface area (Å²) < 4.78 is 45.0. The van der Waals surface area contributed by atoms with E-state index in [1.54, 1.807) is 39.3 Å². The Morgan fingerprint density at radius 1 is 1.12 bits per heavy atom. The highest BCUT2D eigenvalue weighted by Gasteiger charge is 2.67. The van der Waals surface area contributed by atoms with Crippen molar-refractivity contribution in [3.63, 3.8) is 0 Å². The van der Waals surface area contributed by atoms with Gasteiger partial charge in [-0.25, -0.2) is 14.3 Å². The number of aryl methyl sites for hydroxylation is 2. The van der Waals surface area contributed by atoms with Gasteiger partial charge in [-0.1, -0.05) is 50.2 Å². The second-order valence-corrected chi connectivity index (χ2v) is 18.5. The van der Waals surface area contributed by atoms with Gasteiger partial charge in [-0.15, -0.1) is 20.7 Å². The number of hydrogen-bond acceptors (Lipinski definition) is 9. The van der Waals surface area contributed by atoms with E-state index in [0.717, 1.165) is 21.1 Å². The van der Waals surface area contributed by atoms with Crippen molar-refractivity contribution in [2.45, 2.75) is 52.9 Å². The van der Waals surface area contributed by atoms with Gasteiger partial charge in [-0.05, 0) is 44.7 Å². The number of thiazole rings is 1. The molecule has 1 saturated heterocycles. The quantitative estimate of drug-likeness (QED) is 0.156. The lowest BCUT2D eigenvalue weighted by atomic mass is 9.93. The van der Waals surface area contributed by atoms with Crippen LogP contribution in [0.15, 0.2) is 48.5 Å². The maximum Gasteiger partial charge on any atom is 0.381 e. The number of carbonyl (C=O) groups is 1. The molecule has 1 atom stereocenters. The molecule has 2 heterocycles. The average molecular weight is 651 g/mol. The summed E-state index contributed by atoms with van der Waals surface area (Å²) in [5.41, 5.74) is 1.90. The van der Waals surface area contributed by atoms with Gasteiger partial charge >= 0.3 is 15.4 Å². The lowest BCUT2D eigenvalue weighted by Crippen LogP contribution is -2.50. The van der Waals surface area contributed by atoms with Crippen LogP contribution in [0.4, 0.5) is 4.39 Å². The van der Waals surface area contributed by atoms with Gasteiger partial charge in [-0.2, -0.15) is 0 Å². The normalized spacial score (nSPS) is 18.1. The van der Waals surface area contributed by atoms with Crippen molar-refractivity contribution >= 4 is 32.5 Å². The predicted molar refractivity (Wildman–Crippen MR) is 173 cm³/mol. The van der Waals surface area contributed by atoms with Crippen LogP contribution in [0.25, 0.3) is 10.6 Å². The number of ketones is 1. The Hall–Kier alpha value is -1.87. The first-order valence-electron chi connectivity index (χ1n) is 14.5. The third-order valence-corrected chi connectivity index (χ3v) is 15.9. The van der Waals surface area contributed by atoms with Gasteiger partial charge in [0.25, 0.3) is 5.40 Å². The van der Waals surface area contributed by atoms with Crippen LogP contribution in [0.2, 0.25) is 0 Å². The lowest BCUT2D eigenvalue weighted by molar-refractivity contribution is 0.0978. The highest BCUT2D eigenvalue weighted by Crippen LogP contribution is 2.84. The number of halogens is 1. The Kier molecular flexibility index (Phi) is 10.8. The smallest absolute Gasteiger partial charge is 0.306 e. The van der Waals surface area contributed by atoms with Crippen molar-refractivity contribution in [3.05, 3.63) is 76.0 Å². The second kappa shape index (κ2) is 13.6. The highest BCUT2D eigenvalue weighted by atomic mass is 32.1. The molecule has 0 saturated carbocycles. The molecule has 1 N–H and O–H groups in total. The van der Waals surface area contributed by atoms with Gasteiger partial charge in [0.15, 0.2) is 5.78 Å². The molecule has 0 amide bonds. The Balaban J connectivity index is 1.70. The van der Waals surface area contributed by atoms with Crippen molar-refractivity contribution in [2.24, 2.45) is 5.41 Å². The average Bonchev–Trinajstić information content (AvgIpc) is 3.32. The zero-order valence-electron chi connectivity index (χ0n) is 26.0. The topological polar surface area (TPSA) is 92.2 Å². The van der Waals surface area contributed by atoms with Crippen molar-refractivity contribution in [2.75, 3.05) is 40.4 Å². The van der Waals surface area contributed by atoms with Crippen LogP contribution in [0, 0.1) is 18.2 Å². The summed E-state index contributed by atoms with van der Waals surface area (Å²) in [7, 11) is -3.78. The molecule has 43 heavy (non-hydrogen) atoms. The minimum Gasteiger partial charge on any atom is -0.306 e. The van der Waals surface area contributed by atoms with Crippen LogP contribution < -0.4 is 0 Å². The summed E-state index contributed by atoms with van der Waals surface area (Å²) in [4.78, 5) is 31.7. The number of hydrogen-bond donors (Lipinski definition) is 1. The molecule has 2 aromatic carbocycles. The molecule has 0 radical (unpaired) electrons. The van der Waals surface area contributed by atoms with Crippen molar-refractivity contribution in [1.29, 1.82) is 0 Å². The lowest BCUT2D eigenvalue weighted by Gasteiger charge is -2.48. The molecule has 0 spiro atoms. The van der Waals surface area contributed by atoms with E-state index in [2.05, 4.69) is 13.8 Å². The Morgan fingerprint density at radius 3 is 2.30 bits per heavy atom. The SMILES string of the molecule is CCOP(=O)(OCC)C(c1ccc(F)c(C(=O)CCc2nc(-c3ccccc3)sc2C)c1)[P+]1(O)N(C)CC(C)(C)CN1C. The first-order chi connectivity index (χ1) is 20.3. The first-order valence-corrected chi connectivity index (χ1v) is 18.7. The first kappa shape index (κ1) is 34.0. The molecule has 0 aliphatic carbocycles. The molecule has 12 heteroatoms. The summed E-state index contributed by atoms with van der Waals surface area (Å²) in [5.74, 6) is -1.07. The fourth-order valence-corrected chi connectivity index (χ4v) is 14.4. The number of Topliss-reactive ketones (excluding diaryl/α,β-unsaturated/α-hetero) is 1. The Bertz CT molecular complexity index is 1460. The van der Waals surface area contributed by atoms with Crippen molar-refractivity contribution in [1.82, 2.24) is 14.3 Å². The molecule has 1 unspecified atom stereocenters. The number of aromatic nitrogens is 1. The van der Waals surface area contributed by atoms with Crippen molar-refractivity contribution in [3.8, 4) is 10.6 Å². The summed E-state index contributed by atoms with van der Waals surface area (Å²) in [6.07, 6.45) is 0.404. The molecule has 234 valence electrons. The van der Waals surface area contributed by atoms with Gasteiger partial charge in [0.1, 0.15) is 10.8 Å². The fourth-order valence-electron chi connectivity index (χ4n) is 5.89. The van der Waals surface area contributed by atoms with Crippen LogP contribution in [0.3, 0.4) is 0 Å². The molecule has 8 nitrogen and oxygen atoms in total. The fraction of sp³-hybridized carbons (Fsp3) is 0.484. The summed E-state index contributed by atoms with van der Waals surface area (Å²) in [6, 6.07) is 14.0. The molecule has 1 aliphatic heterocycles. The molecule has 4 rings (SSSR count). The zero-order chi connectivity index (χ0) is 31.6. The largest absolute Gasteiger partial charge is 0.381 e. The van der Waals surface area contributed by atoms with E-state index in [1.165, 1.54) is 18.2 Å². The Labute approximate surface area is 259 Å². The maximum atomic E-state index is 15.3. The summed E-state index contributed by atoms with van der Waals surface area (Å²) in [6.45, 7) is 10.9. The van der Waals surface area contributed by atoms with E-state index in [-0.39, 0.29) is 30.6 Å². The summed E-state index contributed by atoms with van der Waals surface area (Å²) in [5, 5.41) is -0.257. The van der Waals surface area contributed by atoms with Crippen molar-refractivity contribution < 1.29 is 27.7 Å². The maximum absolute atomic E-state index is 15.3. The zero-order valence-corrected chi connectivity index (χ0v) is 28.6. The van der Waals surface area contributed by atoms with Crippen LogP contribution in [0.5, 0.6) is 0 Å². The Morgan fingerprint density at radius 2 is 1.72 bits per heavy atom. The van der Waals surface area contributed by atoms with Crippen LogP contribution in [0.1, 0.15) is 66.0 Å². The van der Waals surface area contributed by atoms with E-state index in [9.17, 15) is 14.3 Å². The van der Waals surface area contributed by atoms with Gasteiger partial charge in [0.2, 0.25) is 0 Å². The van der Waals surface area contributed by atoms with Crippen LogP contribution in [-0.4, -0.2) is 65.4 Å². The van der Waals surface area contributed by atoms with Gasteiger partial charge in [0.05, 0.1) is 24.5 Å². The predicted octanol–water partition coefficient (Wildman–Crippen LogP) is 8.00. The molecule has 1 fully saturated rings. The molecular formula is C31H43FN3O5P2S+. The second-order valence-electron chi connectivity index (χ2n) is 11.7.